The minimum Gasteiger partial charge on any atom is -0.495 e. The molecule has 0 amide bonds. The molecule has 1 aromatic heterocycles. The quantitative estimate of drug-likeness (QED) is 0.807. The molecule has 0 saturated heterocycles. The second-order valence-corrected chi connectivity index (χ2v) is 3.39. The fourth-order valence-corrected chi connectivity index (χ4v) is 1.25. The Hall–Kier alpha value is -0.800. The summed E-state index contributed by atoms with van der Waals surface area (Å²) in [6.07, 6.45) is 2.33. The van der Waals surface area contributed by atoms with E-state index in [1.165, 1.54) is 0 Å². The molecule has 0 saturated carbocycles. The van der Waals surface area contributed by atoms with Gasteiger partial charge in [0.25, 0.3) is 0 Å². The molecule has 2 N–H and O–H groups in total. The number of ether oxygens (including phenoxy) is 1. The highest BCUT2D eigenvalue weighted by atomic mass is 35.5. The maximum atomic E-state index is 5.95. The molecule has 0 aliphatic carbocycles. The van der Waals surface area contributed by atoms with Crippen LogP contribution in [0.5, 0.6) is 5.75 Å². The molecule has 0 spiro atoms. The summed E-state index contributed by atoms with van der Waals surface area (Å²) < 4.78 is 4.98. The number of aromatic nitrogens is 1. The van der Waals surface area contributed by atoms with E-state index in [1.54, 1.807) is 19.4 Å². The Morgan fingerprint density at radius 1 is 1.69 bits per heavy atom. The van der Waals surface area contributed by atoms with Crippen molar-refractivity contribution >= 4 is 11.6 Å². The van der Waals surface area contributed by atoms with Crippen molar-refractivity contribution in [3.63, 3.8) is 0 Å². The van der Waals surface area contributed by atoms with E-state index >= 15 is 0 Å². The summed E-state index contributed by atoms with van der Waals surface area (Å²) in [5.74, 6) is 0.665. The highest BCUT2D eigenvalue weighted by molar-refractivity contribution is 6.31. The Morgan fingerprint density at radius 2 is 2.38 bits per heavy atom. The van der Waals surface area contributed by atoms with Gasteiger partial charge in [-0.05, 0) is 6.92 Å². The molecule has 1 unspecified atom stereocenters. The number of hydrogen-bond donors (Lipinski definition) is 1. The summed E-state index contributed by atoms with van der Waals surface area (Å²) in [6, 6.07) is 1.81. The molecule has 1 rings (SSSR count). The molecule has 4 heteroatoms. The van der Waals surface area contributed by atoms with Gasteiger partial charge in [0.15, 0.2) is 0 Å². The van der Waals surface area contributed by atoms with Crippen molar-refractivity contribution in [3.05, 3.63) is 23.0 Å². The molecule has 3 nitrogen and oxygen atoms in total. The van der Waals surface area contributed by atoms with Gasteiger partial charge in [-0.15, -0.1) is 0 Å². The van der Waals surface area contributed by atoms with Gasteiger partial charge in [-0.3, -0.25) is 4.98 Å². The van der Waals surface area contributed by atoms with E-state index in [4.69, 9.17) is 22.1 Å². The zero-order valence-corrected chi connectivity index (χ0v) is 8.51. The van der Waals surface area contributed by atoms with Crippen LogP contribution in [0.25, 0.3) is 0 Å². The summed E-state index contributed by atoms with van der Waals surface area (Å²) in [6.45, 7) is 1.92. The van der Waals surface area contributed by atoms with Crippen LogP contribution in [-0.2, 0) is 6.42 Å². The van der Waals surface area contributed by atoms with Gasteiger partial charge in [0.05, 0.1) is 24.0 Å². The summed E-state index contributed by atoms with van der Waals surface area (Å²) in [4.78, 5) is 4.15. The van der Waals surface area contributed by atoms with Crippen molar-refractivity contribution in [2.24, 2.45) is 5.73 Å². The second-order valence-electron chi connectivity index (χ2n) is 2.99. The normalized spacial score (nSPS) is 12.6. The van der Waals surface area contributed by atoms with Gasteiger partial charge in [0.1, 0.15) is 5.75 Å². The maximum absolute atomic E-state index is 5.95. The lowest BCUT2D eigenvalue weighted by Crippen LogP contribution is -2.18. The number of hydrogen-bond acceptors (Lipinski definition) is 3. The maximum Gasteiger partial charge on any atom is 0.138 e. The Balaban J connectivity index is 2.85. The summed E-state index contributed by atoms with van der Waals surface area (Å²) in [5, 5.41) is 0.608. The third-order valence-corrected chi connectivity index (χ3v) is 1.97. The standard InChI is InChI=1S/C9H13ClN2O/c1-6(11)3-9-8(10)4-7(13-2)5-12-9/h4-6H,3,11H2,1-2H3. The monoisotopic (exact) mass is 200 g/mol. The average Bonchev–Trinajstić information content (AvgIpc) is 2.08. The van der Waals surface area contributed by atoms with Gasteiger partial charge in [-0.1, -0.05) is 11.6 Å². The number of nitrogens with two attached hydrogens (primary N) is 1. The third-order valence-electron chi connectivity index (χ3n) is 1.64. The van der Waals surface area contributed by atoms with Crippen molar-refractivity contribution < 1.29 is 4.74 Å². The fraction of sp³-hybridized carbons (Fsp3) is 0.444. The Morgan fingerprint density at radius 3 is 2.85 bits per heavy atom. The van der Waals surface area contributed by atoms with Crippen LogP contribution >= 0.6 is 11.6 Å². The highest BCUT2D eigenvalue weighted by Crippen LogP contribution is 2.20. The molecular formula is C9H13ClN2O. The van der Waals surface area contributed by atoms with Crippen molar-refractivity contribution in [1.82, 2.24) is 4.98 Å². The molecule has 1 atom stereocenters. The number of halogens is 1. The van der Waals surface area contributed by atoms with Crippen LogP contribution in [0.1, 0.15) is 12.6 Å². The van der Waals surface area contributed by atoms with E-state index in [0.29, 0.717) is 17.2 Å². The van der Waals surface area contributed by atoms with Gasteiger partial charge in [-0.2, -0.15) is 0 Å². The Kier molecular flexibility index (Phi) is 3.51. The van der Waals surface area contributed by atoms with E-state index in [9.17, 15) is 0 Å². The molecule has 1 aromatic rings. The lowest BCUT2D eigenvalue weighted by molar-refractivity contribution is 0.412. The van der Waals surface area contributed by atoms with Crippen molar-refractivity contribution in [3.8, 4) is 5.75 Å². The van der Waals surface area contributed by atoms with Crippen LogP contribution in [-0.4, -0.2) is 18.1 Å². The minimum atomic E-state index is 0.0680. The first kappa shape index (κ1) is 10.3. The van der Waals surface area contributed by atoms with Gasteiger partial charge in [0, 0.05) is 18.5 Å². The van der Waals surface area contributed by atoms with Crippen molar-refractivity contribution in [2.45, 2.75) is 19.4 Å². The van der Waals surface area contributed by atoms with Gasteiger partial charge >= 0.3 is 0 Å². The molecule has 0 bridgehead atoms. The molecule has 0 fully saturated rings. The van der Waals surface area contributed by atoms with Crippen LogP contribution in [0.4, 0.5) is 0 Å². The zero-order chi connectivity index (χ0) is 9.84. The lowest BCUT2D eigenvalue weighted by Gasteiger charge is -2.07. The van der Waals surface area contributed by atoms with E-state index < -0.39 is 0 Å². The SMILES string of the molecule is COc1cnc(CC(C)N)c(Cl)c1. The number of rotatable bonds is 3. The van der Waals surface area contributed by atoms with E-state index in [-0.39, 0.29) is 6.04 Å². The number of methoxy groups -OCH3 is 1. The molecule has 13 heavy (non-hydrogen) atoms. The largest absolute Gasteiger partial charge is 0.495 e. The fourth-order valence-electron chi connectivity index (χ4n) is 1.02. The van der Waals surface area contributed by atoms with Crippen molar-refractivity contribution in [1.29, 1.82) is 0 Å². The van der Waals surface area contributed by atoms with Crippen LogP contribution < -0.4 is 10.5 Å². The van der Waals surface area contributed by atoms with Crippen LogP contribution in [0.15, 0.2) is 12.3 Å². The smallest absolute Gasteiger partial charge is 0.138 e. The van der Waals surface area contributed by atoms with Crippen LogP contribution in [0.2, 0.25) is 5.02 Å². The van der Waals surface area contributed by atoms with Crippen molar-refractivity contribution in [2.75, 3.05) is 7.11 Å². The predicted molar refractivity (Wildman–Crippen MR) is 53.2 cm³/mol. The molecule has 0 aliphatic heterocycles. The number of nitrogens with zero attached hydrogens (tertiary/aromatic N) is 1. The Labute approximate surface area is 82.9 Å². The zero-order valence-electron chi connectivity index (χ0n) is 7.75. The summed E-state index contributed by atoms with van der Waals surface area (Å²) in [5.41, 5.74) is 6.45. The van der Waals surface area contributed by atoms with Crippen LogP contribution in [0.3, 0.4) is 0 Å². The Bertz CT molecular complexity index is 289. The first-order valence-corrected chi connectivity index (χ1v) is 4.45. The minimum absolute atomic E-state index is 0.0680. The van der Waals surface area contributed by atoms with Gasteiger partial charge < -0.3 is 10.5 Å². The first-order chi connectivity index (χ1) is 6.13. The molecule has 0 aliphatic rings. The van der Waals surface area contributed by atoms with Gasteiger partial charge in [-0.25, -0.2) is 0 Å². The molecule has 0 radical (unpaired) electrons. The predicted octanol–water partition coefficient (Wildman–Crippen LogP) is 1.63. The average molecular weight is 201 g/mol. The third kappa shape index (κ3) is 2.86. The van der Waals surface area contributed by atoms with Crippen LogP contribution in [0, 0.1) is 0 Å². The number of pyridine rings is 1. The first-order valence-electron chi connectivity index (χ1n) is 4.07. The van der Waals surface area contributed by atoms with E-state index in [2.05, 4.69) is 4.98 Å². The molecular weight excluding hydrogens is 188 g/mol. The molecule has 0 aromatic carbocycles. The summed E-state index contributed by atoms with van der Waals surface area (Å²) >= 11 is 5.95. The molecule has 1 heterocycles. The second kappa shape index (κ2) is 4.44. The highest BCUT2D eigenvalue weighted by Gasteiger charge is 2.05. The molecule has 72 valence electrons. The topological polar surface area (TPSA) is 48.1 Å². The van der Waals surface area contributed by atoms with E-state index in [0.717, 1.165) is 5.69 Å². The summed E-state index contributed by atoms with van der Waals surface area (Å²) in [7, 11) is 1.58. The van der Waals surface area contributed by atoms with Gasteiger partial charge in [0.2, 0.25) is 0 Å². The lowest BCUT2D eigenvalue weighted by atomic mass is 10.2. The van der Waals surface area contributed by atoms with E-state index in [1.807, 2.05) is 6.92 Å².